The number of aromatic nitrogens is 4. The number of halogens is 3. The predicted octanol–water partition coefficient (Wildman–Crippen LogP) is 0.765. The Kier molecular flexibility index (Phi) is 3.66. The monoisotopic (exact) mass is 327 g/mol. The summed E-state index contributed by atoms with van der Waals surface area (Å²) in [6.07, 6.45) is -4.39. The van der Waals surface area contributed by atoms with E-state index in [1.807, 2.05) is 0 Å². The highest BCUT2D eigenvalue weighted by atomic mass is 19.4. The number of rotatable bonds is 3. The van der Waals surface area contributed by atoms with E-state index in [0.29, 0.717) is 10.6 Å². The number of nitrogens with zero attached hydrogens (tertiary/aromatic N) is 5. The fourth-order valence-electron chi connectivity index (χ4n) is 2.51. The molecule has 2 aromatic rings. The summed E-state index contributed by atoms with van der Waals surface area (Å²) >= 11 is 0. The maximum Gasteiger partial charge on any atom is 0.406 e. The Hall–Kier alpha value is -2.65. The van der Waals surface area contributed by atoms with Gasteiger partial charge < -0.3 is 4.90 Å². The van der Waals surface area contributed by atoms with E-state index in [1.54, 1.807) is 30.3 Å². The highest BCUT2D eigenvalue weighted by Crippen LogP contribution is 2.25. The van der Waals surface area contributed by atoms with Crippen molar-refractivity contribution in [1.29, 1.82) is 0 Å². The first-order valence-electron chi connectivity index (χ1n) is 6.82. The Morgan fingerprint density at radius 1 is 1.13 bits per heavy atom. The van der Waals surface area contributed by atoms with Gasteiger partial charge in [-0.25, -0.2) is 4.79 Å². The van der Waals surface area contributed by atoms with Crippen molar-refractivity contribution in [3.8, 4) is 5.69 Å². The average molecular weight is 327 g/mol. The molecule has 7 nitrogen and oxygen atoms in total. The molecule has 1 saturated heterocycles. The zero-order chi connectivity index (χ0) is 16.6. The summed E-state index contributed by atoms with van der Waals surface area (Å²) in [5.41, 5.74) is -0.204. The highest BCUT2D eigenvalue weighted by Gasteiger charge is 2.41. The smallest absolute Gasteiger partial charge is 0.332 e. The lowest BCUT2D eigenvalue weighted by molar-refractivity contribution is -0.158. The molecule has 1 aliphatic heterocycles. The van der Waals surface area contributed by atoms with Crippen LogP contribution in [0.3, 0.4) is 0 Å². The number of benzene rings is 1. The predicted molar refractivity (Wildman–Crippen MR) is 71.9 cm³/mol. The van der Waals surface area contributed by atoms with Crippen molar-refractivity contribution in [2.75, 3.05) is 13.1 Å². The zero-order valence-electron chi connectivity index (χ0n) is 11.8. The Morgan fingerprint density at radius 3 is 2.48 bits per heavy atom. The maximum absolute atomic E-state index is 12.4. The van der Waals surface area contributed by atoms with Gasteiger partial charge in [0.05, 0.1) is 5.69 Å². The molecule has 3 rings (SSSR count). The number of carbonyl (C=O) groups is 1. The summed E-state index contributed by atoms with van der Waals surface area (Å²) in [5.74, 6) is -0.774. The van der Waals surface area contributed by atoms with Gasteiger partial charge in [-0.3, -0.25) is 4.79 Å². The van der Waals surface area contributed by atoms with E-state index in [2.05, 4.69) is 10.4 Å². The molecule has 1 fully saturated rings. The Bertz CT molecular complexity index is 768. The van der Waals surface area contributed by atoms with E-state index >= 15 is 0 Å². The number of carbonyl (C=O) groups excluding carboxylic acids is 1. The fourth-order valence-corrected chi connectivity index (χ4v) is 2.51. The summed E-state index contributed by atoms with van der Waals surface area (Å²) < 4.78 is 39.1. The standard InChI is InChI=1S/C13H12F3N5O2/c14-13(15,16)8-19-7-6-10(11(19)22)21-12(23)20(17-18-21)9-4-2-1-3-5-9/h1-5,10H,6-8H2/t10-/m1/s1. The Morgan fingerprint density at radius 2 is 1.83 bits per heavy atom. The second-order valence-corrected chi connectivity index (χ2v) is 5.13. The van der Waals surface area contributed by atoms with Gasteiger partial charge in [0.25, 0.3) is 0 Å². The molecular weight excluding hydrogens is 315 g/mol. The minimum Gasteiger partial charge on any atom is -0.332 e. The van der Waals surface area contributed by atoms with Gasteiger partial charge >= 0.3 is 11.9 Å². The Labute approximate surface area is 127 Å². The van der Waals surface area contributed by atoms with Gasteiger partial charge in [-0.15, -0.1) is 0 Å². The van der Waals surface area contributed by atoms with E-state index in [0.717, 1.165) is 9.36 Å². The molecule has 0 N–H and O–H groups in total. The lowest BCUT2D eigenvalue weighted by Gasteiger charge is -2.17. The molecule has 1 amide bonds. The van der Waals surface area contributed by atoms with Crippen molar-refractivity contribution >= 4 is 5.91 Å². The van der Waals surface area contributed by atoms with Crippen LogP contribution in [0.25, 0.3) is 5.69 Å². The van der Waals surface area contributed by atoms with Crippen molar-refractivity contribution in [1.82, 2.24) is 24.7 Å². The van der Waals surface area contributed by atoms with Gasteiger partial charge in [0, 0.05) is 6.54 Å². The first-order valence-corrected chi connectivity index (χ1v) is 6.82. The number of hydrogen-bond acceptors (Lipinski definition) is 4. The van der Waals surface area contributed by atoms with Gasteiger partial charge in [0.1, 0.15) is 12.6 Å². The van der Waals surface area contributed by atoms with Crippen molar-refractivity contribution < 1.29 is 18.0 Å². The van der Waals surface area contributed by atoms with Gasteiger partial charge in [0.2, 0.25) is 5.91 Å². The van der Waals surface area contributed by atoms with Crippen molar-refractivity contribution in [3.05, 3.63) is 40.8 Å². The molecule has 1 atom stereocenters. The second-order valence-electron chi connectivity index (χ2n) is 5.13. The minimum atomic E-state index is -4.48. The lowest BCUT2D eigenvalue weighted by atomic mass is 10.2. The fraction of sp³-hybridized carbons (Fsp3) is 0.385. The van der Waals surface area contributed by atoms with Crippen molar-refractivity contribution in [2.24, 2.45) is 0 Å². The van der Waals surface area contributed by atoms with Crippen molar-refractivity contribution in [3.63, 3.8) is 0 Å². The summed E-state index contributed by atoms with van der Waals surface area (Å²) in [4.78, 5) is 25.1. The van der Waals surface area contributed by atoms with Crippen LogP contribution in [0.5, 0.6) is 0 Å². The lowest BCUT2D eigenvalue weighted by Crippen LogP contribution is -2.38. The molecule has 0 saturated carbocycles. The third kappa shape index (κ3) is 2.96. The minimum absolute atomic E-state index is 0.0757. The Balaban J connectivity index is 1.86. The largest absolute Gasteiger partial charge is 0.406 e. The van der Waals surface area contributed by atoms with Gasteiger partial charge in [-0.2, -0.15) is 22.5 Å². The molecule has 0 unspecified atom stereocenters. The van der Waals surface area contributed by atoms with Crippen LogP contribution in [0, 0.1) is 0 Å². The normalized spacial score (nSPS) is 18.7. The van der Waals surface area contributed by atoms with Gasteiger partial charge in [-0.05, 0) is 29.0 Å². The highest BCUT2D eigenvalue weighted by molar-refractivity contribution is 5.82. The molecular formula is C13H12F3N5O2. The number of alkyl halides is 3. The third-order valence-electron chi connectivity index (χ3n) is 3.54. The number of amides is 1. The van der Waals surface area contributed by atoms with E-state index < -0.39 is 30.4 Å². The molecule has 122 valence electrons. The number of likely N-dealkylation sites (tertiary alicyclic amines) is 1. The summed E-state index contributed by atoms with van der Waals surface area (Å²) in [7, 11) is 0. The van der Waals surface area contributed by atoms with Crippen LogP contribution in [-0.4, -0.2) is 49.9 Å². The average Bonchev–Trinajstić information content (AvgIpc) is 3.03. The molecule has 0 radical (unpaired) electrons. The SMILES string of the molecule is O=C1[C@H](n2nnn(-c3ccccc3)c2=O)CCN1CC(F)(F)F. The molecule has 1 aromatic carbocycles. The topological polar surface area (TPSA) is 73.0 Å². The third-order valence-corrected chi connectivity index (χ3v) is 3.54. The van der Waals surface area contributed by atoms with Crippen LogP contribution in [0.2, 0.25) is 0 Å². The molecule has 1 aromatic heterocycles. The van der Waals surface area contributed by atoms with Crippen LogP contribution >= 0.6 is 0 Å². The van der Waals surface area contributed by atoms with Gasteiger partial charge in [-0.1, -0.05) is 18.2 Å². The van der Waals surface area contributed by atoms with Crippen LogP contribution < -0.4 is 5.69 Å². The van der Waals surface area contributed by atoms with Gasteiger partial charge in [0.15, 0.2) is 0 Å². The molecule has 1 aliphatic rings. The van der Waals surface area contributed by atoms with E-state index in [9.17, 15) is 22.8 Å². The first kappa shape index (κ1) is 15.3. The number of hydrogen-bond donors (Lipinski definition) is 0. The maximum atomic E-state index is 12.4. The van der Waals surface area contributed by atoms with E-state index in [4.69, 9.17) is 0 Å². The zero-order valence-corrected chi connectivity index (χ0v) is 11.8. The summed E-state index contributed by atoms with van der Waals surface area (Å²) in [5, 5.41) is 7.33. The summed E-state index contributed by atoms with van der Waals surface area (Å²) in [6.45, 7) is -1.41. The van der Waals surface area contributed by atoms with Crippen molar-refractivity contribution in [2.45, 2.75) is 18.6 Å². The van der Waals surface area contributed by atoms with Crippen LogP contribution in [0.15, 0.2) is 35.1 Å². The number of para-hydroxylation sites is 1. The number of tetrazole rings is 1. The molecule has 2 heterocycles. The van der Waals surface area contributed by atoms with Crippen LogP contribution in [-0.2, 0) is 4.79 Å². The first-order chi connectivity index (χ1) is 10.9. The molecule has 0 spiro atoms. The van der Waals surface area contributed by atoms with E-state index in [1.165, 1.54) is 0 Å². The molecule has 0 aliphatic carbocycles. The quantitative estimate of drug-likeness (QED) is 0.834. The van der Waals surface area contributed by atoms with Crippen LogP contribution in [0.4, 0.5) is 13.2 Å². The summed E-state index contributed by atoms with van der Waals surface area (Å²) in [6, 6.07) is 7.37. The molecule has 10 heteroatoms. The van der Waals surface area contributed by atoms with Crippen LogP contribution in [0.1, 0.15) is 12.5 Å². The molecule has 0 bridgehead atoms. The molecule has 23 heavy (non-hydrogen) atoms. The second kappa shape index (κ2) is 5.52. The van der Waals surface area contributed by atoms with E-state index in [-0.39, 0.29) is 13.0 Å².